The molecule has 0 aliphatic rings. The van der Waals surface area contributed by atoms with Crippen molar-refractivity contribution < 1.29 is 9.59 Å². The van der Waals surface area contributed by atoms with Crippen LogP contribution in [-0.2, 0) is 16.0 Å². The van der Waals surface area contributed by atoms with Gasteiger partial charge in [0.25, 0.3) is 0 Å². The topological polar surface area (TPSA) is 72.2 Å². The maximum Gasteiger partial charge on any atom is 0.248 e. The molecule has 0 heterocycles. The number of nitrogens with one attached hydrogen (secondary N) is 1. The van der Waals surface area contributed by atoms with Gasteiger partial charge in [0.15, 0.2) is 0 Å². The van der Waals surface area contributed by atoms with Crippen molar-refractivity contribution in [1.29, 1.82) is 0 Å². The van der Waals surface area contributed by atoms with Gasteiger partial charge in [0.2, 0.25) is 11.8 Å². The van der Waals surface area contributed by atoms with Gasteiger partial charge in [0.05, 0.1) is 6.42 Å². The lowest BCUT2D eigenvalue weighted by Crippen LogP contribution is -2.13. The highest BCUT2D eigenvalue weighted by Crippen LogP contribution is 2.10. The second kappa shape index (κ2) is 7.05. The summed E-state index contributed by atoms with van der Waals surface area (Å²) in [7, 11) is 0. The Morgan fingerprint density at radius 3 is 2.29 bits per heavy atom. The Labute approximate surface area is 123 Å². The molecule has 0 fully saturated rings. The number of anilines is 1. The van der Waals surface area contributed by atoms with Gasteiger partial charge in [-0.2, -0.15) is 0 Å². The lowest BCUT2D eigenvalue weighted by molar-refractivity contribution is -0.117. The number of benzene rings is 2. The van der Waals surface area contributed by atoms with Crippen LogP contribution in [-0.4, -0.2) is 11.8 Å². The molecule has 0 bridgehead atoms. The minimum absolute atomic E-state index is 0.197. The number of amides is 2. The Bertz CT molecular complexity index is 646. The zero-order valence-corrected chi connectivity index (χ0v) is 11.5. The van der Waals surface area contributed by atoms with E-state index in [0.29, 0.717) is 5.69 Å². The lowest BCUT2D eigenvalue weighted by Gasteiger charge is -2.03. The van der Waals surface area contributed by atoms with Gasteiger partial charge in [-0.15, -0.1) is 0 Å². The third-order valence-corrected chi connectivity index (χ3v) is 2.83. The molecule has 2 aromatic rings. The molecule has 21 heavy (non-hydrogen) atoms. The van der Waals surface area contributed by atoms with Crippen LogP contribution in [0, 0.1) is 0 Å². The molecule has 4 nitrogen and oxygen atoms in total. The van der Waals surface area contributed by atoms with E-state index >= 15 is 0 Å². The van der Waals surface area contributed by atoms with Crippen molar-refractivity contribution in [2.75, 3.05) is 5.32 Å². The van der Waals surface area contributed by atoms with Crippen molar-refractivity contribution in [3.05, 3.63) is 71.8 Å². The standard InChI is InChI=1S/C17H16N2O2/c18-16(20)12-14-6-9-15(10-7-14)19-17(21)11-8-13-4-2-1-3-5-13/h1-11H,12H2,(H2,18,20)(H,19,21)/b11-8-. The maximum atomic E-state index is 11.8. The highest BCUT2D eigenvalue weighted by atomic mass is 16.1. The van der Waals surface area contributed by atoms with Gasteiger partial charge in [0.1, 0.15) is 0 Å². The Balaban J connectivity index is 1.93. The van der Waals surface area contributed by atoms with Crippen molar-refractivity contribution >= 4 is 23.6 Å². The smallest absolute Gasteiger partial charge is 0.248 e. The average Bonchev–Trinajstić information content (AvgIpc) is 2.48. The summed E-state index contributed by atoms with van der Waals surface area (Å²) in [4.78, 5) is 22.6. The van der Waals surface area contributed by atoms with Gasteiger partial charge < -0.3 is 11.1 Å². The van der Waals surface area contributed by atoms with Gasteiger partial charge in [-0.1, -0.05) is 42.5 Å². The van der Waals surface area contributed by atoms with Crippen molar-refractivity contribution in [2.24, 2.45) is 5.73 Å². The van der Waals surface area contributed by atoms with E-state index in [1.807, 2.05) is 30.3 Å². The van der Waals surface area contributed by atoms with E-state index in [4.69, 9.17) is 5.73 Å². The van der Waals surface area contributed by atoms with Gasteiger partial charge >= 0.3 is 0 Å². The van der Waals surface area contributed by atoms with Crippen LogP contribution in [0.25, 0.3) is 6.08 Å². The second-order valence-electron chi connectivity index (χ2n) is 4.57. The zero-order valence-electron chi connectivity index (χ0n) is 11.5. The van der Waals surface area contributed by atoms with Crippen LogP contribution in [0.15, 0.2) is 60.7 Å². The van der Waals surface area contributed by atoms with E-state index in [1.165, 1.54) is 6.08 Å². The summed E-state index contributed by atoms with van der Waals surface area (Å²) in [5, 5.41) is 2.75. The van der Waals surface area contributed by atoms with Gasteiger partial charge in [-0.25, -0.2) is 0 Å². The molecule has 0 saturated heterocycles. The first-order valence-corrected chi connectivity index (χ1v) is 6.55. The van der Waals surface area contributed by atoms with E-state index in [-0.39, 0.29) is 18.2 Å². The van der Waals surface area contributed by atoms with Crippen molar-refractivity contribution in [3.8, 4) is 0 Å². The maximum absolute atomic E-state index is 11.8. The highest BCUT2D eigenvalue weighted by Gasteiger charge is 2.00. The van der Waals surface area contributed by atoms with E-state index in [2.05, 4.69) is 5.32 Å². The predicted octanol–water partition coefficient (Wildman–Crippen LogP) is 2.37. The van der Waals surface area contributed by atoms with Gasteiger partial charge in [0, 0.05) is 11.8 Å². The molecule has 0 aromatic heterocycles. The van der Waals surface area contributed by atoms with Crippen LogP contribution in [0.3, 0.4) is 0 Å². The number of nitrogens with two attached hydrogens (primary N) is 1. The van der Waals surface area contributed by atoms with E-state index in [0.717, 1.165) is 11.1 Å². The summed E-state index contributed by atoms with van der Waals surface area (Å²) in [5.74, 6) is -0.584. The Morgan fingerprint density at radius 2 is 1.67 bits per heavy atom. The molecule has 3 N–H and O–H groups in total. The third-order valence-electron chi connectivity index (χ3n) is 2.83. The summed E-state index contributed by atoms with van der Waals surface area (Å²) in [6.07, 6.45) is 3.42. The fourth-order valence-electron chi connectivity index (χ4n) is 1.83. The number of hydrogen-bond acceptors (Lipinski definition) is 2. The summed E-state index contributed by atoms with van der Waals surface area (Å²) in [6, 6.07) is 16.6. The molecule has 0 aliphatic heterocycles. The molecule has 0 atom stereocenters. The average molecular weight is 280 g/mol. The van der Waals surface area contributed by atoms with Crippen molar-refractivity contribution in [2.45, 2.75) is 6.42 Å². The second-order valence-corrected chi connectivity index (χ2v) is 4.57. The molecule has 0 unspecified atom stereocenters. The molecule has 0 saturated carbocycles. The predicted molar refractivity (Wildman–Crippen MR) is 83.4 cm³/mol. The normalized spacial score (nSPS) is 10.5. The van der Waals surface area contributed by atoms with E-state index < -0.39 is 0 Å². The van der Waals surface area contributed by atoms with E-state index in [9.17, 15) is 9.59 Å². The summed E-state index contributed by atoms with van der Waals surface area (Å²) < 4.78 is 0. The number of hydrogen-bond donors (Lipinski definition) is 2. The molecular weight excluding hydrogens is 264 g/mol. The number of primary amides is 1. The Morgan fingerprint density at radius 1 is 1.00 bits per heavy atom. The first kappa shape index (κ1) is 14.5. The fraction of sp³-hybridized carbons (Fsp3) is 0.0588. The molecule has 106 valence electrons. The molecule has 2 aromatic carbocycles. The molecule has 4 heteroatoms. The Hall–Kier alpha value is -2.88. The molecule has 2 rings (SSSR count). The number of carbonyl (C=O) groups excluding carboxylic acids is 2. The van der Waals surface area contributed by atoms with Crippen LogP contribution in [0.2, 0.25) is 0 Å². The first-order valence-electron chi connectivity index (χ1n) is 6.55. The van der Waals surface area contributed by atoms with Crippen LogP contribution >= 0.6 is 0 Å². The molecular formula is C17H16N2O2. The number of carbonyl (C=O) groups is 2. The molecule has 0 radical (unpaired) electrons. The Kier molecular flexibility index (Phi) is 4.88. The molecule has 0 spiro atoms. The van der Waals surface area contributed by atoms with E-state index in [1.54, 1.807) is 30.3 Å². The van der Waals surface area contributed by atoms with Crippen LogP contribution < -0.4 is 11.1 Å². The van der Waals surface area contributed by atoms with Gasteiger partial charge in [-0.05, 0) is 29.3 Å². The van der Waals surface area contributed by atoms with Crippen LogP contribution in [0.5, 0.6) is 0 Å². The SMILES string of the molecule is NC(=O)Cc1ccc(NC(=O)/C=C\c2ccccc2)cc1. The van der Waals surface area contributed by atoms with Crippen molar-refractivity contribution in [3.63, 3.8) is 0 Å². The van der Waals surface area contributed by atoms with Crippen LogP contribution in [0.4, 0.5) is 5.69 Å². The summed E-state index contributed by atoms with van der Waals surface area (Å²) in [5.41, 5.74) is 7.57. The van der Waals surface area contributed by atoms with Gasteiger partial charge in [-0.3, -0.25) is 9.59 Å². The first-order chi connectivity index (χ1) is 10.1. The quantitative estimate of drug-likeness (QED) is 0.825. The summed E-state index contributed by atoms with van der Waals surface area (Å²) in [6.45, 7) is 0. The third kappa shape index (κ3) is 4.95. The zero-order chi connectivity index (χ0) is 15.1. The van der Waals surface area contributed by atoms with Crippen molar-refractivity contribution in [1.82, 2.24) is 0 Å². The number of rotatable bonds is 5. The largest absolute Gasteiger partial charge is 0.369 e. The van der Waals surface area contributed by atoms with Crippen LogP contribution in [0.1, 0.15) is 11.1 Å². The summed E-state index contributed by atoms with van der Waals surface area (Å²) >= 11 is 0. The highest BCUT2D eigenvalue weighted by molar-refractivity contribution is 6.01. The minimum atomic E-state index is -0.377. The molecule has 0 aliphatic carbocycles. The lowest BCUT2D eigenvalue weighted by atomic mass is 10.1. The fourth-order valence-corrected chi connectivity index (χ4v) is 1.83. The molecule has 2 amide bonds. The minimum Gasteiger partial charge on any atom is -0.369 e. The monoisotopic (exact) mass is 280 g/mol.